The van der Waals surface area contributed by atoms with Gasteiger partial charge in [0, 0.05) is 24.7 Å². The molecule has 21 heavy (non-hydrogen) atoms. The van der Waals surface area contributed by atoms with E-state index in [1.165, 1.54) is 6.07 Å². The second kappa shape index (κ2) is 6.87. The van der Waals surface area contributed by atoms with Crippen molar-refractivity contribution in [2.45, 2.75) is 33.4 Å². The number of benzene rings is 1. The molecule has 0 amide bonds. The smallest absolute Gasteiger partial charge is 0.219 e. The Hall–Kier alpha value is -1.65. The summed E-state index contributed by atoms with van der Waals surface area (Å²) in [6.07, 6.45) is 0. The van der Waals surface area contributed by atoms with Crippen molar-refractivity contribution in [3.63, 3.8) is 0 Å². The summed E-state index contributed by atoms with van der Waals surface area (Å²) in [5.74, 6) is 0.502. The van der Waals surface area contributed by atoms with Crippen LogP contribution in [0.1, 0.15) is 25.1 Å². The molecule has 2 aromatic rings. The van der Waals surface area contributed by atoms with Crippen LogP contribution in [-0.4, -0.2) is 11.0 Å². The van der Waals surface area contributed by atoms with E-state index in [1.807, 2.05) is 13.8 Å². The van der Waals surface area contributed by atoms with E-state index in [0.717, 1.165) is 0 Å². The third-order valence-corrected chi connectivity index (χ3v) is 3.28. The minimum Gasteiger partial charge on any atom is -0.439 e. The van der Waals surface area contributed by atoms with Crippen LogP contribution >= 0.6 is 11.6 Å². The Labute approximate surface area is 129 Å². The summed E-state index contributed by atoms with van der Waals surface area (Å²) in [6.45, 7) is 6.35. The van der Waals surface area contributed by atoms with Gasteiger partial charge in [-0.15, -0.1) is 0 Å². The van der Waals surface area contributed by atoms with Crippen LogP contribution in [0.4, 0.5) is 4.39 Å². The zero-order valence-electron chi connectivity index (χ0n) is 12.3. The summed E-state index contributed by atoms with van der Waals surface area (Å²) >= 11 is 6.11. The van der Waals surface area contributed by atoms with Crippen molar-refractivity contribution >= 4 is 11.6 Å². The standard InChI is InChI=1S/C16H18ClFN2O/c1-10(2)19-9-15-13(17)6-7-16(20-15)21-12-5-4-11(3)14(18)8-12/h4-8,10,19H,9H2,1-3H3. The van der Waals surface area contributed by atoms with Crippen molar-refractivity contribution in [2.75, 3.05) is 0 Å². The second-order valence-electron chi connectivity index (χ2n) is 5.13. The lowest BCUT2D eigenvalue weighted by Gasteiger charge is -2.11. The lowest BCUT2D eigenvalue weighted by Crippen LogP contribution is -2.22. The van der Waals surface area contributed by atoms with Gasteiger partial charge in [0.2, 0.25) is 5.88 Å². The lowest BCUT2D eigenvalue weighted by molar-refractivity contribution is 0.453. The fourth-order valence-electron chi connectivity index (χ4n) is 1.70. The van der Waals surface area contributed by atoms with Crippen molar-refractivity contribution in [2.24, 2.45) is 0 Å². The van der Waals surface area contributed by atoms with Gasteiger partial charge in [0.1, 0.15) is 11.6 Å². The van der Waals surface area contributed by atoms with E-state index in [0.29, 0.717) is 40.5 Å². The molecule has 112 valence electrons. The van der Waals surface area contributed by atoms with Crippen LogP contribution in [0.25, 0.3) is 0 Å². The summed E-state index contributed by atoms with van der Waals surface area (Å²) in [7, 11) is 0. The average Bonchev–Trinajstić information content (AvgIpc) is 2.43. The van der Waals surface area contributed by atoms with E-state index in [9.17, 15) is 4.39 Å². The van der Waals surface area contributed by atoms with Gasteiger partial charge in [-0.1, -0.05) is 31.5 Å². The minimum atomic E-state index is -0.303. The number of rotatable bonds is 5. The summed E-state index contributed by atoms with van der Waals surface area (Å²) in [4.78, 5) is 4.35. The highest BCUT2D eigenvalue weighted by Crippen LogP contribution is 2.24. The van der Waals surface area contributed by atoms with Gasteiger partial charge >= 0.3 is 0 Å². The van der Waals surface area contributed by atoms with Crippen molar-refractivity contribution in [3.05, 3.63) is 52.4 Å². The Morgan fingerprint density at radius 1 is 1.29 bits per heavy atom. The van der Waals surface area contributed by atoms with Crippen molar-refractivity contribution in [1.82, 2.24) is 10.3 Å². The van der Waals surface area contributed by atoms with Crippen molar-refractivity contribution < 1.29 is 9.13 Å². The van der Waals surface area contributed by atoms with E-state index >= 15 is 0 Å². The van der Waals surface area contributed by atoms with E-state index in [4.69, 9.17) is 16.3 Å². The molecule has 0 aliphatic rings. The summed E-state index contributed by atoms with van der Waals surface area (Å²) in [5, 5.41) is 3.82. The van der Waals surface area contributed by atoms with Gasteiger partial charge in [0.15, 0.2) is 0 Å². The lowest BCUT2D eigenvalue weighted by atomic mass is 10.2. The molecule has 0 spiro atoms. The van der Waals surface area contributed by atoms with Gasteiger partial charge in [-0.05, 0) is 24.6 Å². The Kier molecular flexibility index (Phi) is 5.15. The number of aryl methyl sites for hydroxylation is 1. The van der Waals surface area contributed by atoms with Crippen LogP contribution in [0.2, 0.25) is 5.02 Å². The molecule has 0 atom stereocenters. The number of nitrogens with zero attached hydrogens (tertiary/aromatic N) is 1. The van der Waals surface area contributed by atoms with Crippen molar-refractivity contribution in [1.29, 1.82) is 0 Å². The van der Waals surface area contributed by atoms with E-state index in [2.05, 4.69) is 10.3 Å². The van der Waals surface area contributed by atoms with E-state index < -0.39 is 0 Å². The molecule has 1 N–H and O–H groups in total. The summed E-state index contributed by atoms with van der Waals surface area (Å²) in [6, 6.07) is 8.45. The number of halogens is 2. The molecule has 0 fully saturated rings. The molecule has 3 nitrogen and oxygen atoms in total. The number of aromatic nitrogens is 1. The van der Waals surface area contributed by atoms with Crippen LogP contribution in [0.15, 0.2) is 30.3 Å². The molecule has 0 saturated heterocycles. The van der Waals surface area contributed by atoms with Crippen LogP contribution in [0, 0.1) is 12.7 Å². The van der Waals surface area contributed by atoms with Crippen LogP contribution in [-0.2, 0) is 6.54 Å². The number of ether oxygens (including phenoxy) is 1. The number of hydrogen-bond acceptors (Lipinski definition) is 3. The maximum atomic E-state index is 13.5. The first-order valence-corrected chi connectivity index (χ1v) is 7.16. The van der Waals surface area contributed by atoms with Gasteiger partial charge < -0.3 is 10.1 Å². The van der Waals surface area contributed by atoms with Crippen molar-refractivity contribution in [3.8, 4) is 11.6 Å². The topological polar surface area (TPSA) is 34.1 Å². The normalized spacial score (nSPS) is 11.0. The molecule has 5 heteroatoms. The molecule has 0 bridgehead atoms. The van der Waals surface area contributed by atoms with Gasteiger partial charge in [0.25, 0.3) is 0 Å². The van der Waals surface area contributed by atoms with Gasteiger partial charge in [-0.2, -0.15) is 0 Å². The van der Waals surface area contributed by atoms with Gasteiger partial charge in [-0.25, -0.2) is 9.37 Å². The fraction of sp³-hybridized carbons (Fsp3) is 0.312. The SMILES string of the molecule is Cc1ccc(Oc2ccc(Cl)c(CNC(C)C)n2)cc1F. The molecule has 0 saturated carbocycles. The highest BCUT2D eigenvalue weighted by Gasteiger charge is 2.07. The van der Waals surface area contributed by atoms with E-state index in [-0.39, 0.29) is 5.82 Å². The Morgan fingerprint density at radius 2 is 2.05 bits per heavy atom. The predicted octanol–water partition coefficient (Wildman–Crippen LogP) is 4.47. The number of nitrogens with one attached hydrogen (secondary N) is 1. The molecular weight excluding hydrogens is 291 g/mol. The first-order chi connectivity index (χ1) is 9.95. The number of hydrogen-bond donors (Lipinski definition) is 1. The Bertz CT molecular complexity index is 632. The molecule has 0 aliphatic carbocycles. The third-order valence-electron chi connectivity index (χ3n) is 2.94. The molecular formula is C16H18ClFN2O. The Morgan fingerprint density at radius 3 is 2.71 bits per heavy atom. The van der Waals surface area contributed by atoms with Crippen LogP contribution in [0.5, 0.6) is 11.6 Å². The monoisotopic (exact) mass is 308 g/mol. The zero-order valence-corrected chi connectivity index (χ0v) is 13.0. The maximum Gasteiger partial charge on any atom is 0.219 e. The first kappa shape index (κ1) is 15.7. The molecule has 2 rings (SSSR count). The van der Waals surface area contributed by atoms with Gasteiger partial charge in [-0.3, -0.25) is 0 Å². The molecule has 0 radical (unpaired) electrons. The van der Waals surface area contributed by atoms with E-state index in [1.54, 1.807) is 31.2 Å². The maximum absolute atomic E-state index is 13.5. The Balaban J connectivity index is 2.16. The van der Waals surface area contributed by atoms with Crippen LogP contribution in [0.3, 0.4) is 0 Å². The molecule has 0 unspecified atom stereocenters. The highest BCUT2D eigenvalue weighted by atomic mass is 35.5. The molecule has 0 aliphatic heterocycles. The van der Waals surface area contributed by atoms with Gasteiger partial charge in [0.05, 0.1) is 10.7 Å². The summed E-state index contributed by atoms with van der Waals surface area (Å²) in [5.41, 5.74) is 1.28. The third kappa shape index (κ3) is 4.41. The number of pyridine rings is 1. The van der Waals surface area contributed by atoms with Crippen LogP contribution < -0.4 is 10.1 Å². The fourth-order valence-corrected chi connectivity index (χ4v) is 1.88. The quantitative estimate of drug-likeness (QED) is 0.884. The summed E-state index contributed by atoms with van der Waals surface area (Å²) < 4.78 is 19.1. The largest absolute Gasteiger partial charge is 0.439 e. The highest BCUT2D eigenvalue weighted by molar-refractivity contribution is 6.31. The second-order valence-corrected chi connectivity index (χ2v) is 5.53. The molecule has 1 aromatic carbocycles. The molecule has 1 aromatic heterocycles. The average molecular weight is 309 g/mol. The predicted molar refractivity (Wildman–Crippen MR) is 82.4 cm³/mol. The minimum absolute atomic E-state index is 0.303. The zero-order chi connectivity index (χ0) is 15.4. The first-order valence-electron chi connectivity index (χ1n) is 6.78. The molecule has 1 heterocycles.